The SMILES string of the molecule is O=C(Cc1csc(Nc2ncccn2)n1)Nc1cccc(Br)c1. The van der Waals surface area contributed by atoms with Crippen molar-refractivity contribution in [2.24, 2.45) is 0 Å². The molecule has 0 saturated carbocycles. The van der Waals surface area contributed by atoms with Crippen LogP contribution in [0, 0.1) is 0 Å². The molecule has 0 spiro atoms. The molecular formula is C15H12BrN5OS. The molecule has 0 atom stereocenters. The zero-order chi connectivity index (χ0) is 16.1. The van der Waals surface area contributed by atoms with E-state index in [0.29, 0.717) is 16.8 Å². The molecule has 0 aliphatic carbocycles. The first-order valence-electron chi connectivity index (χ1n) is 6.73. The van der Waals surface area contributed by atoms with Crippen molar-refractivity contribution in [3.8, 4) is 0 Å². The highest BCUT2D eigenvalue weighted by molar-refractivity contribution is 9.10. The molecule has 6 nitrogen and oxygen atoms in total. The van der Waals surface area contributed by atoms with E-state index >= 15 is 0 Å². The highest BCUT2D eigenvalue weighted by Gasteiger charge is 2.09. The van der Waals surface area contributed by atoms with Gasteiger partial charge in [-0.25, -0.2) is 15.0 Å². The number of nitrogens with one attached hydrogen (secondary N) is 2. The molecule has 1 amide bonds. The van der Waals surface area contributed by atoms with Gasteiger partial charge in [-0.15, -0.1) is 11.3 Å². The Bertz CT molecular complexity index is 808. The van der Waals surface area contributed by atoms with Crippen molar-refractivity contribution in [3.63, 3.8) is 0 Å². The van der Waals surface area contributed by atoms with E-state index in [4.69, 9.17) is 0 Å². The molecule has 8 heteroatoms. The van der Waals surface area contributed by atoms with E-state index in [-0.39, 0.29) is 12.3 Å². The minimum Gasteiger partial charge on any atom is -0.326 e. The number of hydrogen-bond donors (Lipinski definition) is 2. The van der Waals surface area contributed by atoms with Crippen LogP contribution < -0.4 is 10.6 Å². The van der Waals surface area contributed by atoms with Crippen LogP contribution in [-0.4, -0.2) is 20.9 Å². The highest BCUT2D eigenvalue weighted by Crippen LogP contribution is 2.19. The number of halogens is 1. The van der Waals surface area contributed by atoms with Crippen LogP contribution in [0.4, 0.5) is 16.8 Å². The van der Waals surface area contributed by atoms with E-state index in [1.165, 1.54) is 11.3 Å². The Morgan fingerprint density at radius 3 is 2.83 bits per heavy atom. The van der Waals surface area contributed by atoms with Gasteiger partial charge in [0, 0.05) is 27.9 Å². The molecule has 3 aromatic rings. The average Bonchev–Trinajstić information content (AvgIpc) is 2.95. The third kappa shape index (κ3) is 4.57. The lowest BCUT2D eigenvalue weighted by Crippen LogP contribution is -2.14. The first-order chi connectivity index (χ1) is 11.2. The number of amides is 1. The van der Waals surface area contributed by atoms with E-state index in [9.17, 15) is 4.79 Å². The molecule has 0 unspecified atom stereocenters. The second-order valence-electron chi connectivity index (χ2n) is 4.58. The molecule has 0 radical (unpaired) electrons. The summed E-state index contributed by atoms with van der Waals surface area (Å²) in [5, 5.41) is 8.34. The summed E-state index contributed by atoms with van der Waals surface area (Å²) in [6, 6.07) is 9.19. The van der Waals surface area contributed by atoms with Crippen LogP contribution in [0.25, 0.3) is 0 Å². The molecule has 1 aromatic carbocycles. The summed E-state index contributed by atoms with van der Waals surface area (Å²) in [6.07, 6.45) is 3.50. The molecule has 116 valence electrons. The van der Waals surface area contributed by atoms with Crippen LogP contribution in [0.5, 0.6) is 0 Å². The van der Waals surface area contributed by atoms with Crippen molar-refractivity contribution in [3.05, 3.63) is 58.3 Å². The topological polar surface area (TPSA) is 79.8 Å². The molecule has 2 aromatic heterocycles. The molecular weight excluding hydrogens is 378 g/mol. The summed E-state index contributed by atoms with van der Waals surface area (Å²) in [4.78, 5) is 24.6. The van der Waals surface area contributed by atoms with E-state index in [2.05, 4.69) is 41.5 Å². The minimum absolute atomic E-state index is 0.115. The fourth-order valence-corrected chi connectivity index (χ4v) is 2.94. The van der Waals surface area contributed by atoms with Crippen molar-refractivity contribution >= 4 is 49.9 Å². The van der Waals surface area contributed by atoms with Crippen LogP contribution in [0.3, 0.4) is 0 Å². The normalized spacial score (nSPS) is 10.3. The second kappa shape index (κ2) is 7.30. The summed E-state index contributed by atoms with van der Waals surface area (Å²) < 4.78 is 0.915. The van der Waals surface area contributed by atoms with Gasteiger partial charge in [0.1, 0.15) is 0 Å². The summed E-state index contributed by atoms with van der Waals surface area (Å²) in [5.74, 6) is 0.364. The van der Waals surface area contributed by atoms with Crippen LogP contribution in [0.15, 0.2) is 52.6 Å². The number of aromatic nitrogens is 3. The highest BCUT2D eigenvalue weighted by atomic mass is 79.9. The number of anilines is 3. The summed E-state index contributed by atoms with van der Waals surface area (Å²) in [6.45, 7) is 0. The molecule has 3 rings (SSSR count). The Balaban J connectivity index is 1.59. The van der Waals surface area contributed by atoms with Crippen LogP contribution >= 0.6 is 27.3 Å². The third-order valence-electron chi connectivity index (χ3n) is 2.79. The molecule has 0 aliphatic heterocycles. The maximum Gasteiger partial charge on any atom is 0.230 e. The summed E-state index contributed by atoms with van der Waals surface area (Å²) >= 11 is 4.78. The number of thiazole rings is 1. The lowest BCUT2D eigenvalue weighted by atomic mass is 10.3. The van der Waals surface area contributed by atoms with E-state index in [0.717, 1.165) is 10.2 Å². The number of hydrogen-bond acceptors (Lipinski definition) is 6. The van der Waals surface area contributed by atoms with Gasteiger partial charge in [0.25, 0.3) is 0 Å². The zero-order valence-corrected chi connectivity index (χ0v) is 14.3. The van der Waals surface area contributed by atoms with Gasteiger partial charge in [0.2, 0.25) is 11.9 Å². The maximum atomic E-state index is 12.1. The fraction of sp³-hybridized carbons (Fsp3) is 0.0667. The standard InChI is InChI=1S/C15H12BrN5OS/c16-10-3-1-4-11(7-10)19-13(22)8-12-9-23-15(20-12)21-14-17-5-2-6-18-14/h1-7,9H,8H2,(H,19,22)(H,17,18,20,21). The predicted octanol–water partition coefficient (Wildman–Crippen LogP) is 3.62. The lowest BCUT2D eigenvalue weighted by Gasteiger charge is -2.04. The molecule has 0 fully saturated rings. The summed E-state index contributed by atoms with van der Waals surface area (Å²) in [5.41, 5.74) is 1.44. The molecule has 0 saturated heterocycles. The maximum absolute atomic E-state index is 12.1. The van der Waals surface area contributed by atoms with Gasteiger partial charge in [-0.3, -0.25) is 4.79 Å². The van der Waals surface area contributed by atoms with Gasteiger partial charge in [-0.1, -0.05) is 22.0 Å². The number of nitrogens with zero attached hydrogens (tertiary/aromatic N) is 3. The monoisotopic (exact) mass is 389 g/mol. The van der Waals surface area contributed by atoms with Crippen LogP contribution in [0.2, 0.25) is 0 Å². The first kappa shape index (κ1) is 15.6. The fourth-order valence-electron chi connectivity index (χ4n) is 1.84. The number of carbonyl (C=O) groups is 1. The third-order valence-corrected chi connectivity index (χ3v) is 4.09. The molecule has 23 heavy (non-hydrogen) atoms. The van der Waals surface area contributed by atoms with Gasteiger partial charge in [-0.05, 0) is 24.3 Å². The number of rotatable bonds is 5. The smallest absolute Gasteiger partial charge is 0.230 e. The Morgan fingerprint density at radius 2 is 2.04 bits per heavy atom. The van der Waals surface area contributed by atoms with Crippen molar-refractivity contribution < 1.29 is 4.79 Å². The predicted molar refractivity (Wildman–Crippen MR) is 93.9 cm³/mol. The second-order valence-corrected chi connectivity index (χ2v) is 6.35. The number of benzene rings is 1. The number of carbonyl (C=O) groups excluding carboxylic acids is 1. The Kier molecular flexibility index (Phi) is 4.94. The van der Waals surface area contributed by atoms with E-state index in [1.807, 2.05) is 29.6 Å². The van der Waals surface area contributed by atoms with Gasteiger partial charge in [0.15, 0.2) is 5.13 Å². The molecule has 0 bridgehead atoms. The van der Waals surface area contributed by atoms with Crippen molar-refractivity contribution in [2.75, 3.05) is 10.6 Å². The largest absolute Gasteiger partial charge is 0.326 e. The lowest BCUT2D eigenvalue weighted by molar-refractivity contribution is -0.115. The average molecular weight is 390 g/mol. The minimum atomic E-state index is -0.115. The van der Waals surface area contributed by atoms with E-state index in [1.54, 1.807) is 18.5 Å². The molecule has 0 aliphatic rings. The Morgan fingerprint density at radius 1 is 1.22 bits per heavy atom. The van der Waals surface area contributed by atoms with Crippen LogP contribution in [-0.2, 0) is 11.2 Å². The van der Waals surface area contributed by atoms with Crippen molar-refractivity contribution in [2.45, 2.75) is 6.42 Å². The van der Waals surface area contributed by atoms with Gasteiger partial charge < -0.3 is 10.6 Å². The molecule has 2 N–H and O–H groups in total. The van der Waals surface area contributed by atoms with Gasteiger partial charge in [0.05, 0.1) is 12.1 Å². The van der Waals surface area contributed by atoms with Gasteiger partial charge in [-0.2, -0.15) is 0 Å². The Hall–Kier alpha value is -2.32. The van der Waals surface area contributed by atoms with Crippen LogP contribution in [0.1, 0.15) is 5.69 Å². The summed E-state index contributed by atoms with van der Waals surface area (Å²) in [7, 11) is 0. The molecule has 2 heterocycles. The quantitative estimate of drug-likeness (QED) is 0.696. The van der Waals surface area contributed by atoms with Gasteiger partial charge >= 0.3 is 0 Å². The van der Waals surface area contributed by atoms with Crippen molar-refractivity contribution in [1.29, 1.82) is 0 Å². The van der Waals surface area contributed by atoms with E-state index < -0.39 is 0 Å². The van der Waals surface area contributed by atoms with Crippen molar-refractivity contribution in [1.82, 2.24) is 15.0 Å². The first-order valence-corrected chi connectivity index (χ1v) is 8.40. The Labute approximate surface area is 145 Å². The zero-order valence-electron chi connectivity index (χ0n) is 11.9.